The van der Waals surface area contributed by atoms with Gasteiger partial charge in [0.05, 0.1) is 8.07 Å². The fourth-order valence-electron chi connectivity index (χ4n) is 12.1. The normalized spacial score (nSPS) is 14.1. The first-order valence-electron chi connectivity index (χ1n) is 26.4. The number of benzene rings is 10. The van der Waals surface area contributed by atoms with Crippen LogP contribution in [0.5, 0.6) is 0 Å². The van der Waals surface area contributed by atoms with E-state index < -0.39 is 13.5 Å². The molecule has 6 nitrogen and oxygen atoms in total. The van der Waals surface area contributed by atoms with Crippen LogP contribution >= 0.6 is 0 Å². The third-order valence-electron chi connectivity index (χ3n) is 15.8. The molecule has 390 valence electrons. The van der Waals surface area contributed by atoms with Gasteiger partial charge in [0.25, 0.3) is 0 Å². The van der Waals surface area contributed by atoms with E-state index in [2.05, 4.69) is 287 Å². The van der Waals surface area contributed by atoms with E-state index >= 15 is 0 Å². The van der Waals surface area contributed by atoms with Crippen molar-refractivity contribution in [3.8, 4) is 22.5 Å². The Kier molecular flexibility index (Phi) is 14.0. The van der Waals surface area contributed by atoms with Crippen molar-refractivity contribution in [2.24, 2.45) is 0 Å². The van der Waals surface area contributed by atoms with Gasteiger partial charge in [0.2, 0.25) is 0 Å². The maximum Gasteiger partial charge on any atom is 4.00 e. The van der Waals surface area contributed by atoms with E-state index in [0.717, 1.165) is 50.4 Å². The van der Waals surface area contributed by atoms with E-state index in [4.69, 9.17) is 0 Å². The molecule has 0 bridgehead atoms. The van der Waals surface area contributed by atoms with E-state index in [-0.39, 0.29) is 42.1 Å². The summed E-state index contributed by atoms with van der Waals surface area (Å²) in [5, 5.41) is 7.48. The molecule has 2 aliphatic heterocycles. The van der Waals surface area contributed by atoms with E-state index in [1.165, 1.54) is 59.7 Å². The molecule has 0 saturated carbocycles. The quantitative estimate of drug-likeness (QED) is 0.112. The standard InChI is InChI=1S/C41H27N3.C30H25N3Si.2Pt/c1-42-24-25-43(28-42)32-15-11-12-29(26-32)41(37-19-8-5-16-33(37)34-17-6-9-20-38(34)41)30-22-23-40-36(27-30)35-18-7-10-21-39(35)44(40)31-13-3-2-4-14-31;1-31-18-19-32(22-31)24-12-9-13-25(20-24)34(2,3)26-16-17-30-28(21-26)27-14-7-8-15-29(27)33(30)23-10-5-4-6-11-23;;/h2-13,15-21,23-25,27-28H,1H3;4-10,12-15,17-19,21-22H,1-3H3;;/q2*-4;2*+4. The summed E-state index contributed by atoms with van der Waals surface area (Å²) < 4.78 is 4.59. The molecular weight excluding hydrogens is 1360 g/mol. The van der Waals surface area contributed by atoms with Crippen molar-refractivity contribution >= 4 is 73.4 Å². The summed E-state index contributed by atoms with van der Waals surface area (Å²) in [6.07, 6.45) is 8.24. The van der Waals surface area contributed by atoms with Crippen molar-refractivity contribution in [1.82, 2.24) is 18.9 Å². The van der Waals surface area contributed by atoms with Crippen LogP contribution in [0.4, 0.5) is 11.4 Å². The minimum absolute atomic E-state index is 0. The fourth-order valence-corrected chi connectivity index (χ4v) is 14.2. The Labute approximate surface area is 498 Å². The summed E-state index contributed by atoms with van der Waals surface area (Å²) >= 11 is 0. The van der Waals surface area contributed by atoms with Gasteiger partial charge in [-0.3, -0.25) is 0 Å². The Balaban J connectivity index is 0.000000160. The largest absolute Gasteiger partial charge is 4.00 e. The van der Waals surface area contributed by atoms with Crippen LogP contribution in [0.1, 0.15) is 22.3 Å². The van der Waals surface area contributed by atoms with Crippen LogP contribution in [0, 0.1) is 49.7 Å². The molecule has 10 aromatic carbocycles. The van der Waals surface area contributed by atoms with Crippen molar-refractivity contribution < 1.29 is 42.1 Å². The van der Waals surface area contributed by atoms with Crippen LogP contribution in [-0.4, -0.2) is 41.1 Å². The van der Waals surface area contributed by atoms with Crippen molar-refractivity contribution in [2.45, 2.75) is 18.5 Å². The second-order valence-electron chi connectivity index (χ2n) is 20.8. The molecule has 12 aromatic rings. The first kappa shape index (κ1) is 52.8. The minimum Gasteiger partial charge on any atom is -0.510 e. The predicted molar refractivity (Wildman–Crippen MR) is 322 cm³/mol. The molecule has 15 rings (SSSR count). The van der Waals surface area contributed by atoms with Crippen LogP contribution in [0.2, 0.25) is 13.1 Å². The van der Waals surface area contributed by atoms with Gasteiger partial charge in [-0.25, -0.2) is 0 Å². The topological polar surface area (TPSA) is 22.8 Å². The number of anilines is 2. The van der Waals surface area contributed by atoms with Gasteiger partial charge in [0.1, 0.15) is 0 Å². The van der Waals surface area contributed by atoms with Crippen molar-refractivity contribution in [1.29, 1.82) is 0 Å². The van der Waals surface area contributed by atoms with E-state index in [1.807, 2.05) is 49.5 Å². The molecular formula is C71H52N6Pt2Si. The molecule has 0 fully saturated rings. The molecule has 0 amide bonds. The SMILES string of the molecule is CN1C=CN(c2[c-]c(C3(c4[c-]cc5c(c4)c4ccccc4n5-c4[c-]cccc4)c4ccccc4-c4ccccc43)ccc2)[CH-]1.CN1C=CN(c2[c-]c([Si](C)(C)c3[c-]cc4c(c3)c3ccccc3n4-c3[c-]cccc3)ccc2)[CH-]1.[Pt+4].[Pt+4]. The minimum atomic E-state index is -2.04. The van der Waals surface area contributed by atoms with Gasteiger partial charge in [-0.15, -0.1) is 45.4 Å². The third kappa shape index (κ3) is 8.70. The molecule has 0 radical (unpaired) electrons. The monoisotopic (exact) mass is 1410 g/mol. The zero-order valence-corrected chi connectivity index (χ0v) is 50.0. The van der Waals surface area contributed by atoms with Gasteiger partial charge in [-0.05, 0) is 84.1 Å². The van der Waals surface area contributed by atoms with E-state index in [0.29, 0.717) is 0 Å². The number of fused-ring (bicyclic) bond motifs is 9. The van der Waals surface area contributed by atoms with Crippen molar-refractivity contribution in [2.75, 3.05) is 23.9 Å². The van der Waals surface area contributed by atoms with E-state index in [9.17, 15) is 0 Å². The molecule has 0 atom stereocenters. The summed E-state index contributed by atoms with van der Waals surface area (Å²) in [5.41, 5.74) is 15.4. The van der Waals surface area contributed by atoms with Gasteiger partial charge in [-0.1, -0.05) is 120 Å². The summed E-state index contributed by atoms with van der Waals surface area (Å²) in [7, 11) is 2.04. The first-order valence-corrected chi connectivity index (χ1v) is 29.4. The zero-order chi connectivity index (χ0) is 52.5. The van der Waals surface area contributed by atoms with Crippen LogP contribution in [0.15, 0.2) is 231 Å². The van der Waals surface area contributed by atoms with Gasteiger partial charge in [0.15, 0.2) is 0 Å². The second-order valence-corrected chi connectivity index (χ2v) is 25.2. The van der Waals surface area contributed by atoms with Gasteiger partial charge < -0.3 is 28.7 Å². The van der Waals surface area contributed by atoms with Crippen LogP contribution in [-0.2, 0) is 47.5 Å². The average molecular weight is 1410 g/mol. The smallest absolute Gasteiger partial charge is 0.510 e. The summed E-state index contributed by atoms with van der Waals surface area (Å²) in [4.78, 5) is 8.34. The fraction of sp³-hybridized carbons (Fsp3) is 0.0704. The van der Waals surface area contributed by atoms with Gasteiger partial charge >= 0.3 is 42.1 Å². The molecule has 80 heavy (non-hydrogen) atoms. The van der Waals surface area contributed by atoms with Crippen molar-refractivity contribution in [3.05, 3.63) is 303 Å². The third-order valence-corrected chi connectivity index (χ3v) is 19.1. The Bertz CT molecular complexity index is 4290. The zero-order valence-electron chi connectivity index (χ0n) is 44.4. The molecule has 0 saturated heterocycles. The molecule has 0 unspecified atom stereocenters. The van der Waals surface area contributed by atoms with Gasteiger partial charge in [0, 0.05) is 16.4 Å². The number of hydrogen-bond acceptors (Lipinski definition) is 4. The first-order chi connectivity index (χ1) is 38.3. The maximum atomic E-state index is 3.87. The van der Waals surface area contributed by atoms with Gasteiger partial charge in [-0.2, -0.15) is 157 Å². The molecule has 0 spiro atoms. The van der Waals surface area contributed by atoms with Crippen LogP contribution in [0.25, 0.3) is 66.1 Å². The Morgan fingerprint density at radius 2 is 0.887 bits per heavy atom. The molecule has 9 heteroatoms. The molecule has 4 heterocycles. The average Bonchev–Trinajstić information content (AvgIpc) is 3.28. The number of hydrogen-bond donors (Lipinski definition) is 0. The van der Waals surface area contributed by atoms with Crippen LogP contribution < -0.4 is 20.2 Å². The number of nitrogens with zero attached hydrogens (tertiary/aromatic N) is 6. The number of para-hydroxylation sites is 4. The second kappa shape index (κ2) is 21.3. The summed E-state index contributed by atoms with van der Waals surface area (Å²) in [6.45, 7) is 8.92. The predicted octanol–water partition coefficient (Wildman–Crippen LogP) is 14.2. The number of aromatic nitrogens is 2. The summed E-state index contributed by atoms with van der Waals surface area (Å²) in [6, 6.07) is 95.3. The molecule has 2 aromatic heterocycles. The molecule has 3 aliphatic rings. The van der Waals surface area contributed by atoms with Crippen molar-refractivity contribution in [3.63, 3.8) is 0 Å². The maximum absolute atomic E-state index is 3.87. The molecule has 1 aliphatic carbocycles. The Hall–Kier alpha value is -7.93. The summed E-state index contributed by atoms with van der Waals surface area (Å²) in [5.74, 6) is 0. The molecule has 0 N–H and O–H groups in total. The number of rotatable bonds is 8. The Morgan fingerprint density at radius 1 is 0.400 bits per heavy atom. The van der Waals surface area contributed by atoms with E-state index in [1.54, 1.807) is 0 Å². The Morgan fingerprint density at radius 3 is 1.44 bits per heavy atom. The van der Waals surface area contributed by atoms with Crippen LogP contribution in [0.3, 0.4) is 0 Å².